The van der Waals surface area contributed by atoms with Gasteiger partial charge in [0.25, 0.3) is 0 Å². The minimum atomic E-state index is -0.599. The van der Waals surface area contributed by atoms with Crippen molar-refractivity contribution >= 4 is 33.3 Å². The van der Waals surface area contributed by atoms with Crippen molar-refractivity contribution in [1.82, 2.24) is 4.57 Å². The number of benzene rings is 3. The van der Waals surface area contributed by atoms with Gasteiger partial charge in [-0.15, -0.1) is 0 Å². The van der Waals surface area contributed by atoms with Gasteiger partial charge in [0.2, 0.25) is 10.9 Å². The second kappa shape index (κ2) is 5.93. The lowest BCUT2D eigenvalue weighted by atomic mass is 10.0. The van der Waals surface area contributed by atoms with E-state index >= 15 is 0 Å². The Bertz CT molecular complexity index is 1400. The number of nitrogens with zero attached hydrogens (tertiary/aromatic N) is 1. The van der Waals surface area contributed by atoms with Crippen molar-refractivity contribution in [3.05, 3.63) is 104 Å². The number of hydrogen-bond acceptors (Lipinski definition) is 2. The zero-order valence-electron chi connectivity index (χ0n) is 14.3. The Balaban J connectivity index is 1.71. The number of para-hydroxylation sites is 1. The van der Waals surface area contributed by atoms with Crippen molar-refractivity contribution in [1.29, 1.82) is 0 Å². The third-order valence-electron chi connectivity index (χ3n) is 5.13. The summed E-state index contributed by atoms with van der Waals surface area (Å²) in [6, 6.07) is 22.4. The maximum absolute atomic E-state index is 12.1. The van der Waals surface area contributed by atoms with E-state index < -0.39 is 10.9 Å². The average molecular weight is 372 g/mol. The van der Waals surface area contributed by atoms with Crippen LogP contribution in [0.5, 0.6) is 0 Å². The Morgan fingerprint density at radius 2 is 1.48 bits per heavy atom. The number of hydrogen-bond donors (Lipinski definition) is 0. The summed E-state index contributed by atoms with van der Waals surface area (Å²) < 4.78 is 2.11. The molecule has 4 aromatic carbocycles. The Hall–Kier alpha value is -3.17. The highest BCUT2D eigenvalue weighted by molar-refractivity contribution is 6.34. The minimum Gasteiger partial charge on any atom is -0.342 e. The van der Waals surface area contributed by atoms with Crippen molar-refractivity contribution < 1.29 is 0 Å². The van der Waals surface area contributed by atoms with Crippen molar-refractivity contribution in [2.75, 3.05) is 0 Å². The summed E-state index contributed by atoms with van der Waals surface area (Å²) in [5.74, 6) is 0. The van der Waals surface area contributed by atoms with Gasteiger partial charge in [-0.1, -0.05) is 72.3 Å². The van der Waals surface area contributed by atoms with E-state index in [0.29, 0.717) is 12.1 Å². The Kier molecular flexibility index (Phi) is 3.52. The van der Waals surface area contributed by atoms with Crippen LogP contribution in [0.25, 0.3) is 32.8 Å². The van der Waals surface area contributed by atoms with E-state index in [4.69, 9.17) is 11.6 Å². The molecule has 0 aliphatic rings. The zero-order valence-corrected chi connectivity index (χ0v) is 15.0. The van der Waals surface area contributed by atoms with Crippen molar-refractivity contribution in [2.45, 2.75) is 6.54 Å². The van der Waals surface area contributed by atoms with Gasteiger partial charge in [0.05, 0.1) is 5.56 Å². The third kappa shape index (κ3) is 2.36. The molecule has 3 nitrogen and oxygen atoms in total. The highest BCUT2D eigenvalue weighted by Gasteiger charge is 2.23. The number of rotatable bonds is 3. The molecular formula is C23H14ClNO2. The fourth-order valence-electron chi connectivity index (χ4n) is 3.80. The van der Waals surface area contributed by atoms with E-state index in [1.807, 2.05) is 42.6 Å². The van der Waals surface area contributed by atoms with E-state index in [0.717, 1.165) is 16.5 Å². The van der Waals surface area contributed by atoms with Crippen molar-refractivity contribution in [3.63, 3.8) is 0 Å². The normalized spacial score (nSPS) is 11.6. The summed E-state index contributed by atoms with van der Waals surface area (Å²) in [4.78, 5) is 23.6. The van der Waals surface area contributed by atoms with Crippen LogP contribution in [0.1, 0.15) is 5.56 Å². The number of aromatic nitrogens is 1. The first-order valence-electron chi connectivity index (χ1n) is 8.69. The Morgan fingerprint density at radius 1 is 0.778 bits per heavy atom. The van der Waals surface area contributed by atoms with Crippen LogP contribution in [0.2, 0.25) is 5.02 Å². The molecule has 0 fully saturated rings. The van der Waals surface area contributed by atoms with E-state index in [1.165, 1.54) is 16.3 Å². The lowest BCUT2D eigenvalue weighted by Gasteiger charge is -2.09. The fraction of sp³-hybridized carbons (Fsp3) is 0.0435. The topological polar surface area (TPSA) is 39.1 Å². The van der Waals surface area contributed by atoms with Crippen LogP contribution in [-0.4, -0.2) is 4.57 Å². The van der Waals surface area contributed by atoms with E-state index in [1.54, 1.807) is 0 Å². The van der Waals surface area contributed by atoms with Gasteiger partial charge in [0, 0.05) is 29.2 Å². The van der Waals surface area contributed by atoms with Crippen LogP contribution >= 0.6 is 11.6 Å². The van der Waals surface area contributed by atoms with Crippen LogP contribution in [0.15, 0.2) is 82.5 Å². The maximum atomic E-state index is 12.1. The van der Waals surface area contributed by atoms with Crippen LogP contribution in [0, 0.1) is 0 Å². The second-order valence-electron chi connectivity index (χ2n) is 6.67. The molecule has 0 N–H and O–H groups in total. The first-order valence-corrected chi connectivity index (χ1v) is 9.06. The standard InChI is InChI=1S/C23H14ClNO2/c24-21-20(22(26)23(21)27)18-13-25(19-11-4-3-10-17(18)19)12-15-8-5-7-14-6-1-2-9-16(14)15/h1-11,13H,12H2. The highest BCUT2D eigenvalue weighted by atomic mass is 35.5. The van der Waals surface area contributed by atoms with Crippen LogP contribution in [-0.2, 0) is 6.54 Å². The quantitative estimate of drug-likeness (QED) is 0.429. The minimum absolute atomic E-state index is 0.0352. The predicted molar refractivity (Wildman–Crippen MR) is 110 cm³/mol. The molecule has 0 unspecified atom stereocenters. The highest BCUT2D eigenvalue weighted by Crippen LogP contribution is 2.33. The fourth-order valence-corrected chi connectivity index (χ4v) is 4.07. The van der Waals surface area contributed by atoms with Gasteiger partial charge in [-0.2, -0.15) is 0 Å². The lowest BCUT2D eigenvalue weighted by Crippen LogP contribution is -2.33. The molecule has 0 atom stereocenters. The maximum Gasteiger partial charge on any atom is 0.245 e. The molecule has 0 bridgehead atoms. The first-order chi connectivity index (χ1) is 13.1. The molecule has 0 saturated heterocycles. The van der Waals surface area contributed by atoms with Gasteiger partial charge < -0.3 is 4.57 Å². The van der Waals surface area contributed by atoms with Gasteiger partial charge in [0.1, 0.15) is 5.02 Å². The smallest absolute Gasteiger partial charge is 0.245 e. The molecule has 0 radical (unpaired) electrons. The molecule has 27 heavy (non-hydrogen) atoms. The SMILES string of the molecule is O=c1c(Cl)c(-c2cn(Cc3cccc4ccccc34)c3ccccc23)c1=O. The van der Waals surface area contributed by atoms with Gasteiger partial charge in [-0.3, -0.25) is 9.59 Å². The van der Waals surface area contributed by atoms with E-state index in [9.17, 15) is 9.59 Å². The van der Waals surface area contributed by atoms with Gasteiger partial charge >= 0.3 is 0 Å². The monoisotopic (exact) mass is 371 g/mol. The van der Waals surface area contributed by atoms with Crippen molar-refractivity contribution in [3.8, 4) is 11.1 Å². The molecule has 5 rings (SSSR count). The summed E-state index contributed by atoms with van der Waals surface area (Å²) in [5.41, 5.74) is 2.14. The molecule has 130 valence electrons. The van der Waals surface area contributed by atoms with Gasteiger partial charge in [0.15, 0.2) is 0 Å². The van der Waals surface area contributed by atoms with Crippen LogP contribution < -0.4 is 10.9 Å². The zero-order chi connectivity index (χ0) is 18.5. The number of halogens is 1. The molecule has 0 saturated carbocycles. The average Bonchev–Trinajstić information content (AvgIpc) is 3.06. The van der Waals surface area contributed by atoms with Gasteiger partial charge in [-0.25, -0.2) is 0 Å². The molecular weight excluding hydrogens is 358 g/mol. The second-order valence-corrected chi connectivity index (χ2v) is 7.05. The van der Waals surface area contributed by atoms with Crippen molar-refractivity contribution in [2.24, 2.45) is 0 Å². The molecule has 0 aliphatic heterocycles. The van der Waals surface area contributed by atoms with E-state index in [2.05, 4.69) is 34.9 Å². The molecule has 0 spiro atoms. The Morgan fingerprint density at radius 3 is 2.30 bits per heavy atom. The van der Waals surface area contributed by atoms with Crippen LogP contribution in [0.4, 0.5) is 0 Å². The molecule has 5 aromatic rings. The molecule has 0 amide bonds. The third-order valence-corrected chi connectivity index (χ3v) is 5.49. The summed E-state index contributed by atoms with van der Waals surface area (Å²) in [5, 5.41) is 3.35. The van der Waals surface area contributed by atoms with E-state index in [-0.39, 0.29) is 5.02 Å². The van der Waals surface area contributed by atoms with Crippen LogP contribution in [0.3, 0.4) is 0 Å². The van der Waals surface area contributed by atoms with Gasteiger partial charge in [-0.05, 0) is 22.4 Å². The summed E-state index contributed by atoms with van der Waals surface area (Å²) in [6.45, 7) is 0.662. The number of fused-ring (bicyclic) bond motifs is 2. The summed E-state index contributed by atoms with van der Waals surface area (Å²) in [6.07, 6.45) is 1.93. The largest absolute Gasteiger partial charge is 0.342 e. The Labute approximate surface area is 159 Å². The molecule has 4 heteroatoms. The molecule has 0 aliphatic carbocycles. The predicted octanol–water partition coefficient (Wildman–Crippen LogP) is 4.76. The molecule has 1 heterocycles. The molecule has 1 aromatic heterocycles. The summed E-state index contributed by atoms with van der Waals surface area (Å²) in [7, 11) is 0. The summed E-state index contributed by atoms with van der Waals surface area (Å²) >= 11 is 6.04. The lowest BCUT2D eigenvalue weighted by molar-refractivity contribution is 0.844. The first kappa shape index (κ1) is 16.0.